The van der Waals surface area contributed by atoms with Crippen LogP contribution in [-0.2, 0) is 4.79 Å². The zero-order valence-electron chi connectivity index (χ0n) is 17.7. The number of fused-ring (bicyclic) bond motifs is 1. The number of carbonyl (C=O) groups excluding carboxylic acids is 1. The predicted octanol–water partition coefficient (Wildman–Crippen LogP) is 5.14. The van der Waals surface area contributed by atoms with E-state index in [2.05, 4.69) is 11.2 Å². The van der Waals surface area contributed by atoms with Gasteiger partial charge in [-0.2, -0.15) is 0 Å². The minimum absolute atomic E-state index is 0.0813. The summed E-state index contributed by atoms with van der Waals surface area (Å²) in [5.74, 6) is 1.22. The lowest BCUT2D eigenvalue weighted by atomic mass is 9.88. The van der Waals surface area contributed by atoms with E-state index >= 15 is 0 Å². The zero-order chi connectivity index (χ0) is 23.5. The molecule has 1 amide bonds. The molecule has 33 heavy (non-hydrogen) atoms. The van der Waals surface area contributed by atoms with Crippen LogP contribution in [-0.4, -0.2) is 30.2 Å². The summed E-state index contributed by atoms with van der Waals surface area (Å²) < 4.78 is 24.7. The van der Waals surface area contributed by atoms with Gasteiger partial charge >= 0.3 is 5.97 Å². The maximum absolute atomic E-state index is 13.5. The van der Waals surface area contributed by atoms with E-state index in [-0.39, 0.29) is 29.7 Å². The number of hydrogen-bond acceptors (Lipinski definition) is 5. The van der Waals surface area contributed by atoms with Crippen LogP contribution in [0.15, 0.2) is 42.5 Å². The number of carboxylic acids is 1. The van der Waals surface area contributed by atoms with Crippen molar-refractivity contribution < 1.29 is 28.6 Å². The molecule has 8 heteroatoms. The lowest BCUT2D eigenvalue weighted by Crippen LogP contribution is -2.22. The van der Waals surface area contributed by atoms with Crippen LogP contribution in [0.25, 0.3) is 11.1 Å². The van der Waals surface area contributed by atoms with Gasteiger partial charge in [-0.05, 0) is 42.3 Å². The zero-order valence-corrected chi connectivity index (χ0v) is 18.5. The molecule has 6 nitrogen and oxygen atoms in total. The third-order valence-corrected chi connectivity index (χ3v) is 6.51. The van der Waals surface area contributed by atoms with E-state index in [4.69, 9.17) is 15.9 Å². The third-order valence-electron chi connectivity index (χ3n) is 5.21. The lowest BCUT2D eigenvalue weighted by Gasteiger charge is -2.24. The molecule has 0 spiro atoms. The first kappa shape index (κ1) is 22.4. The molecule has 0 saturated heterocycles. The quantitative estimate of drug-likeness (QED) is 0.472. The molecule has 168 valence electrons. The van der Waals surface area contributed by atoms with Crippen molar-refractivity contribution >= 4 is 28.9 Å². The molecule has 0 saturated carbocycles. The molecule has 4 rings (SSSR count). The highest BCUT2D eigenvalue weighted by Crippen LogP contribution is 2.50. The van der Waals surface area contributed by atoms with E-state index in [1.807, 2.05) is 13.0 Å². The molecule has 1 atom stereocenters. The molecular formula is C25H20FNO5S. The summed E-state index contributed by atoms with van der Waals surface area (Å²) in [6, 6.07) is 10.9. The highest BCUT2D eigenvalue weighted by Gasteiger charge is 2.34. The molecule has 3 aromatic rings. The summed E-state index contributed by atoms with van der Waals surface area (Å²) in [5.41, 5.74) is 2.11. The van der Waals surface area contributed by atoms with E-state index in [0.29, 0.717) is 39.8 Å². The van der Waals surface area contributed by atoms with Crippen LogP contribution >= 0.6 is 11.3 Å². The number of ether oxygens (including phenoxy) is 2. The first-order chi connectivity index (χ1) is 15.9. The number of aromatic carboxylic acids is 1. The van der Waals surface area contributed by atoms with Crippen molar-refractivity contribution in [2.45, 2.75) is 19.3 Å². The molecule has 2 N–H and O–H groups in total. The Morgan fingerprint density at radius 1 is 1.24 bits per heavy atom. The number of carboxylic acid groups (broad SMARTS) is 1. The second kappa shape index (κ2) is 9.35. The second-order valence-corrected chi connectivity index (χ2v) is 8.35. The molecule has 1 aromatic heterocycles. The molecule has 0 bridgehead atoms. The highest BCUT2D eigenvalue weighted by molar-refractivity contribution is 7.15. The smallest absolute Gasteiger partial charge is 0.346 e. The molecule has 1 aliphatic rings. The van der Waals surface area contributed by atoms with Crippen LogP contribution in [0.5, 0.6) is 11.5 Å². The molecule has 1 aliphatic heterocycles. The molecule has 0 aliphatic carbocycles. The van der Waals surface area contributed by atoms with Crippen molar-refractivity contribution in [3.8, 4) is 35.0 Å². The molecule has 0 fully saturated rings. The van der Waals surface area contributed by atoms with Gasteiger partial charge in [0.2, 0.25) is 5.91 Å². The third kappa shape index (κ3) is 4.41. The standard InChI is InChI=1S/C25H20FNO5S/c1-3-11-32-18-10-7-15(12-19(18)31-4-2)17-13-20(28)27-22-21(14-5-8-16(26)9-6-14)24(25(29)30)33-23(17)22/h1,5-10,12,17H,4,11,13H2,2H3,(H,27,28)(H,29,30). The minimum Gasteiger partial charge on any atom is -0.490 e. The minimum atomic E-state index is -1.12. The summed E-state index contributed by atoms with van der Waals surface area (Å²) in [4.78, 5) is 25.5. The van der Waals surface area contributed by atoms with Crippen molar-refractivity contribution in [3.63, 3.8) is 0 Å². The lowest BCUT2D eigenvalue weighted by molar-refractivity contribution is -0.116. The topological polar surface area (TPSA) is 84.9 Å². The summed E-state index contributed by atoms with van der Waals surface area (Å²) in [6.07, 6.45) is 5.43. The second-order valence-electron chi connectivity index (χ2n) is 7.29. The van der Waals surface area contributed by atoms with E-state index in [1.54, 1.807) is 12.1 Å². The van der Waals surface area contributed by atoms with Gasteiger partial charge in [-0.15, -0.1) is 17.8 Å². The number of amides is 1. The largest absolute Gasteiger partial charge is 0.490 e. The van der Waals surface area contributed by atoms with E-state index < -0.39 is 11.8 Å². The Balaban J connectivity index is 1.84. The van der Waals surface area contributed by atoms with Gasteiger partial charge in [-0.25, -0.2) is 9.18 Å². The van der Waals surface area contributed by atoms with E-state index in [9.17, 15) is 19.1 Å². The van der Waals surface area contributed by atoms with Gasteiger partial charge in [0.15, 0.2) is 11.5 Å². The Bertz CT molecular complexity index is 1260. The SMILES string of the molecule is C#CCOc1ccc(C2CC(=O)Nc3c2sc(C(=O)O)c3-c2ccc(F)cc2)cc1OCC. The number of anilines is 1. The molecular weight excluding hydrogens is 445 g/mol. The fourth-order valence-corrected chi connectivity index (χ4v) is 5.09. The number of rotatable bonds is 7. The summed E-state index contributed by atoms with van der Waals surface area (Å²) in [7, 11) is 0. The number of carbonyl (C=O) groups is 2. The van der Waals surface area contributed by atoms with Gasteiger partial charge in [0.1, 0.15) is 17.3 Å². The normalized spacial score (nSPS) is 14.7. The van der Waals surface area contributed by atoms with Gasteiger partial charge in [0, 0.05) is 22.8 Å². The van der Waals surface area contributed by atoms with Crippen molar-refractivity contribution in [2.24, 2.45) is 0 Å². The molecule has 0 radical (unpaired) electrons. The molecule has 2 aromatic carbocycles. The fourth-order valence-electron chi connectivity index (χ4n) is 3.85. The Morgan fingerprint density at radius 2 is 2.00 bits per heavy atom. The summed E-state index contributed by atoms with van der Waals surface area (Å²) in [6.45, 7) is 2.34. The average molecular weight is 466 g/mol. The van der Waals surface area contributed by atoms with Crippen molar-refractivity contribution in [3.05, 3.63) is 63.6 Å². The average Bonchev–Trinajstić information content (AvgIpc) is 3.18. The number of thiophene rings is 1. The van der Waals surface area contributed by atoms with Gasteiger partial charge in [-0.1, -0.05) is 24.1 Å². The van der Waals surface area contributed by atoms with Crippen molar-refractivity contribution in [1.82, 2.24) is 0 Å². The number of benzene rings is 2. The van der Waals surface area contributed by atoms with Gasteiger partial charge < -0.3 is 19.9 Å². The van der Waals surface area contributed by atoms with E-state index in [1.165, 1.54) is 24.3 Å². The summed E-state index contributed by atoms with van der Waals surface area (Å²) >= 11 is 1.10. The first-order valence-electron chi connectivity index (χ1n) is 10.2. The molecule has 1 unspecified atom stereocenters. The van der Waals surface area contributed by atoms with Crippen LogP contribution < -0.4 is 14.8 Å². The Kier molecular flexibility index (Phi) is 6.33. The number of nitrogens with one attached hydrogen (secondary N) is 1. The summed E-state index contributed by atoms with van der Waals surface area (Å²) in [5, 5.41) is 12.7. The number of hydrogen-bond donors (Lipinski definition) is 2. The van der Waals surface area contributed by atoms with E-state index in [0.717, 1.165) is 16.9 Å². The Morgan fingerprint density at radius 3 is 2.67 bits per heavy atom. The van der Waals surface area contributed by atoms with Gasteiger partial charge in [-0.3, -0.25) is 4.79 Å². The predicted molar refractivity (Wildman–Crippen MR) is 124 cm³/mol. The van der Waals surface area contributed by atoms with Crippen LogP contribution in [0.3, 0.4) is 0 Å². The maximum Gasteiger partial charge on any atom is 0.346 e. The van der Waals surface area contributed by atoms with Crippen LogP contribution in [0, 0.1) is 18.2 Å². The van der Waals surface area contributed by atoms with Crippen LogP contribution in [0.2, 0.25) is 0 Å². The number of halogens is 1. The van der Waals surface area contributed by atoms with Gasteiger partial charge in [0.25, 0.3) is 0 Å². The number of terminal acetylenes is 1. The first-order valence-corrected chi connectivity index (χ1v) is 11.0. The van der Waals surface area contributed by atoms with Crippen LogP contribution in [0.4, 0.5) is 10.1 Å². The maximum atomic E-state index is 13.5. The van der Waals surface area contributed by atoms with Gasteiger partial charge in [0.05, 0.1) is 12.3 Å². The van der Waals surface area contributed by atoms with Crippen LogP contribution in [0.1, 0.15) is 39.4 Å². The van der Waals surface area contributed by atoms with Crippen molar-refractivity contribution in [1.29, 1.82) is 0 Å². The Hall–Kier alpha value is -3.83. The highest BCUT2D eigenvalue weighted by atomic mass is 32.1. The molecule has 2 heterocycles. The monoisotopic (exact) mass is 465 g/mol. The van der Waals surface area contributed by atoms with Crippen molar-refractivity contribution in [2.75, 3.05) is 18.5 Å². The fraction of sp³-hybridized carbons (Fsp3) is 0.200. The Labute approximate surface area is 194 Å².